The number of furan rings is 1. The molecule has 0 atom stereocenters. The zero-order chi connectivity index (χ0) is 46.2. The predicted octanol–water partition coefficient (Wildman–Crippen LogP) is 16.3. The second-order valence-electron chi connectivity index (χ2n) is 22.6. The van der Waals surface area contributed by atoms with Crippen molar-refractivity contribution in [3.63, 3.8) is 0 Å². The summed E-state index contributed by atoms with van der Waals surface area (Å²) in [5, 5.41) is 8.72. The first-order chi connectivity index (χ1) is 32.1. The van der Waals surface area contributed by atoms with E-state index in [-0.39, 0.29) is 21.7 Å². The molecule has 0 spiro atoms. The van der Waals surface area contributed by atoms with Crippen LogP contribution in [0.1, 0.15) is 109 Å². The molecule has 1 aromatic heterocycles. The summed E-state index contributed by atoms with van der Waals surface area (Å²) in [4.78, 5) is 2.62. The molecule has 67 heavy (non-hydrogen) atoms. The minimum absolute atomic E-state index is 0.0426. The van der Waals surface area contributed by atoms with Crippen LogP contribution in [-0.4, -0.2) is 7.28 Å². The third-order valence-corrected chi connectivity index (χ3v) is 16.3. The molecular weight excluding hydrogens is 812 g/mol. The van der Waals surface area contributed by atoms with E-state index in [0.29, 0.717) is 0 Å². The topological polar surface area (TPSA) is 28.4 Å². The Morgan fingerprint density at radius 2 is 1.15 bits per heavy atom. The lowest BCUT2D eigenvalue weighted by Gasteiger charge is -2.44. The van der Waals surface area contributed by atoms with Gasteiger partial charge in [0.15, 0.2) is 12.9 Å². The summed E-state index contributed by atoms with van der Waals surface area (Å²) in [6, 6.07) is 54.6. The molecule has 0 bridgehead atoms. The largest absolute Gasteiger partial charge is 0.454 e. The van der Waals surface area contributed by atoms with E-state index in [1.54, 1.807) is 0 Å². The Hall–Kier alpha value is -6.52. The van der Waals surface area contributed by atoms with Gasteiger partial charge < -0.3 is 14.6 Å². The lowest BCUT2D eigenvalue weighted by Crippen LogP contribution is -2.41. The van der Waals surface area contributed by atoms with Crippen molar-refractivity contribution in [1.29, 1.82) is 0 Å². The summed E-state index contributed by atoms with van der Waals surface area (Å²) >= 11 is 0. The molecule has 0 saturated heterocycles. The maximum atomic E-state index is 6.96. The lowest BCUT2D eigenvalue weighted by atomic mass is 9.57. The number of nitrogens with zero attached hydrogens (tertiary/aromatic N) is 1. The number of hydrogen-bond donors (Lipinski definition) is 1. The second kappa shape index (κ2) is 14.7. The predicted molar refractivity (Wildman–Crippen MR) is 287 cm³/mol. The van der Waals surface area contributed by atoms with Gasteiger partial charge in [0.1, 0.15) is 5.58 Å². The fourth-order valence-corrected chi connectivity index (χ4v) is 12.0. The minimum Gasteiger partial charge on any atom is -0.454 e. The molecule has 3 aliphatic rings. The summed E-state index contributed by atoms with van der Waals surface area (Å²) in [6.45, 7) is 21.7. The first-order valence-electron chi connectivity index (χ1n) is 24.5. The quantitative estimate of drug-likeness (QED) is 0.175. The van der Waals surface area contributed by atoms with Gasteiger partial charge in [-0.3, -0.25) is 0 Å². The highest BCUT2D eigenvalue weighted by Crippen LogP contribution is 2.52. The van der Waals surface area contributed by atoms with Crippen LogP contribution in [0.3, 0.4) is 0 Å². The normalized spacial score (nSPS) is 17.4. The van der Waals surface area contributed by atoms with Gasteiger partial charge in [0.25, 0.3) is 0 Å². The Bertz CT molecular complexity index is 3500. The number of aryl methyl sites for hydroxylation is 1. The van der Waals surface area contributed by atoms with Gasteiger partial charge in [-0.05, 0) is 152 Å². The van der Waals surface area contributed by atoms with Crippen molar-refractivity contribution in [2.75, 3.05) is 10.2 Å². The van der Waals surface area contributed by atoms with Gasteiger partial charge in [-0.1, -0.05) is 164 Å². The van der Waals surface area contributed by atoms with Crippen molar-refractivity contribution in [2.45, 2.75) is 110 Å². The molecule has 0 amide bonds. The van der Waals surface area contributed by atoms with Crippen LogP contribution < -0.4 is 21.1 Å². The molecule has 1 radical (unpaired) electrons. The van der Waals surface area contributed by atoms with Crippen LogP contribution in [0.15, 0.2) is 150 Å². The third-order valence-electron chi connectivity index (χ3n) is 16.3. The van der Waals surface area contributed by atoms with E-state index in [2.05, 4.69) is 225 Å². The van der Waals surface area contributed by atoms with Gasteiger partial charge >= 0.3 is 0 Å². The highest BCUT2D eigenvalue weighted by Gasteiger charge is 2.40. The van der Waals surface area contributed by atoms with Crippen LogP contribution in [-0.2, 0) is 21.7 Å². The Labute approximate surface area is 397 Å². The van der Waals surface area contributed by atoms with Crippen LogP contribution >= 0.6 is 0 Å². The highest BCUT2D eigenvalue weighted by molar-refractivity contribution is 6.74. The molecule has 12 rings (SSSR count). The van der Waals surface area contributed by atoms with E-state index >= 15 is 0 Å². The standard InChI is InChI=1S/C63H60BN2O/c1-38-33-49-51(63(8,9)32-31-61(49,4)5)37-53(38)66-54-35-40(39-17-11-10-12-18-39)23-28-52(54)64-56-47(34-41-19-13-14-20-43(41)58(56)66)45-25-26-46-44-21-15-16-22-55(44)67-59(46)57(45)65-42-24-27-48-50(36-42)62(6,7)30-29-60(48,2)3/h10-28,33-37,65H,29-32H2,1-9H3. The SMILES string of the molecule is Cc1cc2c(cc1N1c3cc(-c4ccccc4)ccc3[B]c3c(-c4ccc5c(oc6ccccc65)c4Nc4ccc5c(c4)C(C)(C)CCC5(C)C)cc4ccccc4c31)C(C)(C)CCC2(C)C. The van der Waals surface area contributed by atoms with E-state index in [1.807, 2.05) is 0 Å². The van der Waals surface area contributed by atoms with E-state index in [1.165, 1.54) is 90.5 Å². The van der Waals surface area contributed by atoms with Crippen molar-refractivity contribution in [1.82, 2.24) is 0 Å². The van der Waals surface area contributed by atoms with Crippen LogP contribution in [0, 0.1) is 6.92 Å². The zero-order valence-electron chi connectivity index (χ0n) is 40.6. The molecule has 2 heterocycles. The molecule has 1 N–H and O–H groups in total. The number of fused-ring (bicyclic) bond motifs is 9. The van der Waals surface area contributed by atoms with Crippen molar-refractivity contribution in [2.24, 2.45) is 0 Å². The van der Waals surface area contributed by atoms with Crippen LogP contribution in [0.5, 0.6) is 0 Å². The minimum atomic E-state index is 0.0426. The van der Waals surface area contributed by atoms with E-state index in [0.717, 1.165) is 57.3 Å². The van der Waals surface area contributed by atoms with Gasteiger partial charge in [-0.25, -0.2) is 0 Å². The van der Waals surface area contributed by atoms with E-state index in [4.69, 9.17) is 4.42 Å². The van der Waals surface area contributed by atoms with Gasteiger partial charge in [0.05, 0.1) is 5.69 Å². The second-order valence-corrected chi connectivity index (χ2v) is 22.6. The molecule has 331 valence electrons. The molecule has 1 aliphatic heterocycles. The number of para-hydroxylation sites is 1. The molecule has 4 heteroatoms. The molecule has 2 aliphatic carbocycles. The zero-order valence-corrected chi connectivity index (χ0v) is 40.6. The third kappa shape index (κ3) is 6.61. The Balaban J connectivity index is 1.14. The maximum absolute atomic E-state index is 6.96. The first-order valence-corrected chi connectivity index (χ1v) is 24.5. The maximum Gasteiger partial charge on any atom is 0.197 e. The van der Waals surface area contributed by atoms with Crippen molar-refractivity contribution >= 4 is 79.4 Å². The fourth-order valence-electron chi connectivity index (χ4n) is 12.0. The summed E-state index contributed by atoms with van der Waals surface area (Å²) in [7, 11) is 2.45. The monoisotopic (exact) mass is 871 g/mol. The Kier molecular flexibility index (Phi) is 9.21. The van der Waals surface area contributed by atoms with Gasteiger partial charge in [-0.15, -0.1) is 0 Å². The Morgan fingerprint density at radius 1 is 0.507 bits per heavy atom. The average Bonchev–Trinajstić information content (AvgIpc) is 3.71. The molecule has 8 aromatic carbocycles. The van der Waals surface area contributed by atoms with Crippen LogP contribution in [0.25, 0.3) is 55.0 Å². The number of hydrogen-bond acceptors (Lipinski definition) is 3. The van der Waals surface area contributed by atoms with Crippen LogP contribution in [0.4, 0.5) is 28.4 Å². The van der Waals surface area contributed by atoms with Gasteiger partial charge in [0.2, 0.25) is 0 Å². The number of anilines is 5. The van der Waals surface area contributed by atoms with Gasteiger partial charge in [0, 0.05) is 44.5 Å². The molecule has 3 nitrogen and oxygen atoms in total. The van der Waals surface area contributed by atoms with Crippen LogP contribution in [0.2, 0.25) is 0 Å². The molecule has 0 fully saturated rings. The first kappa shape index (κ1) is 41.9. The smallest absolute Gasteiger partial charge is 0.197 e. The number of rotatable bonds is 5. The molecule has 0 unspecified atom stereocenters. The number of benzene rings is 8. The summed E-state index contributed by atoms with van der Waals surface area (Å²) in [6.07, 6.45) is 4.67. The Morgan fingerprint density at radius 3 is 1.90 bits per heavy atom. The van der Waals surface area contributed by atoms with E-state index < -0.39 is 0 Å². The number of nitrogens with one attached hydrogen (secondary N) is 1. The van der Waals surface area contributed by atoms with Crippen molar-refractivity contribution in [3.05, 3.63) is 173 Å². The van der Waals surface area contributed by atoms with Crippen molar-refractivity contribution < 1.29 is 4.42 Å². The van der Waals surface area contributed by atoms with Crippen molar-refractivity contribution in [3.8, 4) is 22.3 Å². The molecule has 9 aromatic rings. The summed E-state index contributed by atoms with van der Waals surface area (Å²) < 4.78 is 6.96. The molecule has 0 saturated carbocycles. The summed E-state index contributed by atoms with van der Waals surface area (Å²) in [5.41, 5.74) is 22.0. The summed E-state index contributed by atoms with van der Waals surface area (Å²) in [5.74, 6) is 0. The van der Waals surface area contributed by atoms with Gasteiger partial charge in [-0.2, -0.15) is 0 Å². The average molecular weight is 872 g/mol. The lowest BCUT2D eigenvalue weighted by molar-refractivity contribution is 0.332. The fraction of sp³-hybridized carbons (Fsp3) is 0.270. The van der Waals surface area contributed by atoms with E-state index in [9.17, 15) is 0 Å². The molecular formula is C63H60BN2O. The highest BCUT2D eigenvalue weighted by atomic mass is 16.3.